The molecule has 2 saturated heterocycles. The van der Waals surface area contributed by atoms with E-state index in [1.54, 1.807) is 6.20 Å². The van der Waals surface area contributed by atoms with E-state index in [1.807, 2.05) is 38.9 Å². The second-order valence-electron chi connectivity index (χ2n) is 8.74. The van der Waals surface area contributed by atoms with E-state index < -0.39 is 5.60 Å². The summed E-state index contributed by atoms with van der Waals surface area (Å²) in [4.78, 5) is 41.2. The Morgan fingerprint density at radius 3 is 2.48 bits per heavy atom. The van der Waals surface area contributed by atoms with Crippen LogP contribution in [0.25, 0.3) is 10.9 Å². The van der Waals surface area contributed by atoms with Crippen LogP contribution in [0.4, 0.5) is 10.6 Å². The molecule has 2 atom stereocenters. The summed E-state index contributed by atoms with van der Waals surface area (Å²) in [6.07, 6.45) is 5.26. The average molecular weight is 418 g/mol. The Morgan fingerprint density at radius 1 is 1.24 bits per heavy atom. The van der Waals surface area contributed by atoms with Crippen molar-refractivity contribution in [1.82, 2.24) is 19.9 Å². The molecule has 9 heteroatoms. The number of rotatable bonds is 2. The predicted octanol–water partition coefficient (Wildman–Crippen LogP) is 2.94. The number of nitrogens with zero attached hydrogens (tertiary/aromatic N) is 4. The molecule has 2 unspecified atom stereocenters. The fourth-order valence-corrected chi connectivity index (χ4v) is 4.64. The molecule has 1 amide bonds. The van der Waals surface area contributed by atoms with E-state index in [9.17, 15) is 9.59 Å². The zero-order valence-corrected chi connectivity index (χ0v) is 18.3. The van der Waals surface area contributed by atoms with Crippen LogP contribution in [0.3, 0.4) is 0 Å². The minimum Gasteiger partial charge on any atom is -0.444 e. The van der Waals surface area contributed by atoms with Gasteiger partial charge in [0, 0.05) is 19.3 Å². The summed E-state index contributed by atoms with van der Waals surface area (Å²) < 4.78 is 5.63. The number of hydrogen-bond acceptors (Lipinski definition) is 7. The van der Waals surface area contributed by atoms with Crippen LogP contribution in [0.1, 0.15) is 39.2 Å². The van der Waals surface area contributed by atoms with Crippen LogP contribution in [0.5, 0.6) is 0 Å². The highest BCUT2D eigenvalue weighted by molar-refractivity contribution is 7.98. The third kappa shape index (κ3) is 3.68. The van der Waals surface area contributed by atoms with Crippen LogP contribution in [0.15, 0.2) is 16.1 Å². The Morgan fingerprint density at radius 2 is 1.90 bits per heavy atom. The number of aromatic nitrogens is 3. The van der Waals surface area contributed by atoms with Crippen molar-refractivity contribution in [1.29, 1.82) is 0 Å². The smallest absolute Gasteiger partial charge is 0.410 e. The van der Waals surface area contributed by atoms with Crippen molar-refractivity contribution in [2.75, 3.05) is 24.2 Å². The van der Waals surface area contributed by atoms with Crippen molar-refractivity contribution >= 4 is 34.6 Å². The summed E-state index contributed by atoms with van der Waals surface area (Å²) in [6, 6.07) is 0.155. The number of ether oxygens (including phenoxy) is 1. The lowest BCUT2D eigenvalue weighted by Crippen LogP contribution is -2.57. The zero-order chi connectivity index (χ0) is 20.9. The van der Waals surface area contributed by atoms with Gasteiger partial charge in [-0.15, -0.1) is 0 Å². The number of hydrogen-bond donors (Lipinski definition) is 1. The van der Waals surface area contributed by atoms with E-state index in [0.29, 0.717) is 23.8 Å². The summed E-state index contributed by atoms with van der Waals surface area (Å²) in [5.74, 6) is 0.781. The molecular weight excluding hydrogens is 390 g/mol. The molecule has 2 aliphatic rings. The fourth-order valence-electron chi connectivity index (χ4n) is 4.28. The van der Waals surface area contributed by atoms with E-state index >= 15 is 0 Å². The number of amides is 1. The Bertz CT molecular complexity index is 1000. The molecule has 29 heavy (non-hydrogen) atoms. The van der Waals surface area contributed by atoms with E-state index in [4.69, 9.17) is 9.72 Å². The van der Waals surface area contributed by atoms with Gasteiger partial charge in [0.15, 0.2) is 5.16 Å². The number of anilines is 1. The first kappa shape index (κ1) is 20.0. The molecule has 2 fully saturated rings. The highest BCUT2D eigenvalue weighted by Crippen LogP contribution is 2.36. The Kier molecular flexibility index (Phi) is 4.96. The molecule has 4 rings (SSSR count). The molecule has 0 spiro atoms. The zero-order valence-electron chi connectivity index (χ0n) is 17.5. The van der Waals surface area contributed by atoms with E-state index in [1.165, 1.54) is 11.8 Å². The van der Waals surface area contributed by atoms with Gasteiger partial charge in [0.2, 0.25) is 0 Å². The second kappa shape index (κ2) is 7.19. The monoisotopic (exact) mass is 417 g/mol. The van der Waals surface area contributed by atoms with Gasteiger partial charge >= 0.3 is 6.09 Å². The van der Waals surface area contributed by atoms with Crippen molar-refractivity contribution in [3.8, 4) is 0 Å². The molecule has 2 aromatic heterocycles. The molecule has 0 aromatic carbocycles. The lowest BCUT2D eigenvalue weighted by Gasteiger charge is -2.42. The van der Waals surface area contributed by atoms with Gasteiger partial charge in [0.25, 0.3) is 5.56 Å². The largest absolute Gasteiger partial charge is 0.444 e. The topological polar surface area (TPSA) is 91.4 Å². The van der Waals surface area contributed by atoms with Crippen molar-refractivity contribution < 1.29 is 9.53 Å². The molecule has 0 aliphatic carbocycles. The maximum Gasteiger partial charge on any atom is 0.410 e. The van der Waals surface area contributed by atoms with Crippen molar-refractivity contribution in [3.05, 3.63) is 22.1 Å². The molecule has 2 aliphatic heterocycles. The normalized spacial score (nSPS) is 21.7. The van der Waals surface area contributed by atoms with Gasteiger partial charge in [0.1, 0.15) is 16.9 Å². The molecule has 2 bridgehead atoms. The number of aryl methyl sites for hydroxylation is 1. The summed E-state index contributed by atoms with van der Waals surface area (Å²) in [5, 5.41) is 1.36. The van der Waals surface area contributed by atoms with Gasteiger partial charge in [0.05, 0.1) is 17.5 Å². The third-order valence-electron chi connectivity index (χ3n) is 5.47. The number of pyridine rings is 1. The van der Waals surface area contributed by atoms with Gasteiger partial charge in [-0.05, 0) is 52.4 Å². The first-order chi connectivity index (χ1) is 13.7. The lowest BCUT2D eigenvalue weighted by molar-refractivity contribution is 0.0123. The van der Waals surface area contributed by atoms with Crippen molar-refractivity contribution in [2.24, 2.45) is 0 Å². The highest BCUT2D eigenvalue weighted by Gasteiger charge is 2.45. The number of fused-ring (bicyclic) bond motifs is 3. The van der Waals surface area contributed by atoms with Crippen LogP contribution >= 0.6 is 11.8 Å². The Hall–Kier alpha value is -2.29. The number of piperazine rings is 1. The quantitative estimate of drug-likeness (QED) is 0.593. The van der Waals surface area contributed by atoms with Crippen LogP contribution in [0.2, 0.25) is 0 Å². The number of aromatic amines is 1. The van der Waals surface area contributed by atoms with Gasteiger partial charge in [-0.1, -0.05) is 11.8 Å². The van der Waals surface area contributed by atoms with Gasteiger partial charge in [-0.2, -0.15) is 0 Å². The van der Waals surface area contributed by atoms with Gasteiger partial charge in [-0.3, -0.25) is 9.69 Å². The predicted molar refractivity (Wildman–Crippen MR) is 114 cm³/mol. The highest BCUT2D eigenvalue weighted by atomic mass is 32.2. The summed E-state index contributed by atoms with van der Waals surface area (Å²) in [7, 11) is 0. The van der Waals surface area contributed by atoms with E-state index in [2.05, 4.69) is 14.9 Å². The summed E-state index contributed by atoms with van der Waals surface area (Å²) >= 11 is 1.42. The summed E-state index contributed by atoms with van der Waals surface area (Å²) in [5.41, 5.74) is 0.632. The Balaban J connectivity index is 1.70. The number of nitrogens with one attached hydrogen (secondary N) is 1. The van der Waals surface area contributed by atoms with Gasteiger partial charge < -0.3 is 14.6 Å². The fraction of sp³-hybridized carbons (Fsp3) is 0.600. The van der Waals surface area contributed by atoms with Crippen molar-refractivity contribution in [3.63, 3.8) is 0 Å². The third-order valence-corrected chi connectivity index (χ3v) is 6.01. The standard InChI is InChI=1S/C20H27N5O3S/c1-11-8-21-17(26)15-14(11)16(23-18(22-15)29-5)24-9-12-6-7-13(10-24)25(12)19(27)28-20(2,3)4/h8,12-13H,6-7,9-10H2,1-5H3,(H,21,26). The van der Waals surface area contributed by atoms with E-state index in [-0.39, 0.29) is 23.7 Å². The lowest BCUT2D eigenvalue weighted by atomic mass is 10.1. The second-order valence-corrected chi connectivity index (χ2v) is 9.51. The molecule has 0 saturated carbocycles. The first-order valence-corrected chi connectivity index (χ1v) is 11.1. The molecule has 8 nitrogen and oxygen atoms in total. The SMILES string of the molecule is CSc1nc(N2CC3CCC(C2)N3C(=O)OC(C)(C)C)c2c(C)c[nH]c(=O)c2n1. The molecule has 4 heterocycles. The molecule has 2 aromatic rings. The molecule has 156 valence electrons. The summed E-state index contributed by atoms with van der Waals surface area (Å²) in [6.45, 7) is 8.96. The maximum absolute atomic E-state index is 12.7. The van der Waals surface area contributed by atoms with E-state index in [0.717, 1.165) is 29.6 Å². The van der Waals surface area contributed by atoms with Gasteiger partial charge in [-0.25, -0.2) is 14.8 Å². The van der Waals surface area contributed by atoms with Crippen molar-refractivity contribution in [2.45, 2.75) is 63.4 Å². The number of thioether (sulfide) groups is 1. The molecular formula is C20H27N5O3S. The number of H-pyrrole nitrogens is 1. The Labute approximate surface area is 174 Å². The molecule has 1 N–H and O–H groups in total. The van der Waals surface area contributed by atoms with Crippen LogP contribution in [-0.2, 0) is 4.74 Å². The number of carbonyl (C=O) groups excluding carboxylic acids is 1. The number of carbonyl (C=O) groups is 1. The minimum atomic E-state index is -0.512. The minimum absolute atomic E-state index is 0.0775. The van der Waals surface area contributed by atoms with Crippen LogP contribution < -0.4 is 10.5 Å². The molecule has 0 radical (unpaired) electrons. The van der Waals surface area contributed by atoms with Crippen LogP contribution in [-0.4, -0.2) is 63.0 Å². The van der Waals surface area contributed by atoms with Crippen LogP contribution in [0, 0.1) is 6.92 Å². The average Bonchev–Trinajstić information content (AvgIpc) is 2.92. The first-order valence-electron chi connectivity index (χ1n) is 9.88. The maximum atomic E-state index is 12.7.